The van der Waals surface area contributed by atoms with Crippen molar-refractivity contribution in [3.05, 3.63) is 23.8 Å². The zero-order valence-electron chi connectivity index (χ0n) is 8.71. The topological polar surface area (TPSA) is 20.3 Å². The van der Waals surface area contributed by atoms with Crippen LogP contribution < -0.4 is 10.4 Å². The summed E-state index contributed by atoms with van der Waals surface area (Å²) in [5, 5.41) is 0. The smallest absolute Gasteiger partial charge is 0.227 e. The van der Waals surface area contributed by atoms with Crippen molar-refractivity contribution in [3.63, 3.8) is 0 Å². The van der Waals surface area contributed by atoms with Gasteiger partial charge in [-0.15, -0.1) is 0 Å². The standard InChI is InChI=1S/C11H14BNO/c1-8-7-9(4-5-10(8)12)13-6-2-3-11(13)14/h4-5,7H,2-3,6,12H2,1H3. The highest BCUT2D eigenvalue weighted by Crippen LogP contribution is 2.20. The van der Waals surface area contributed by atoms with Gasteiger partial charge in [0, 0.05) is 18.7 Å². The molecule has 3 heteroatoms. The van der Waals surface area contributed by atoms with Crippen LogP contribution in [0.2, 0.25) is 0 Å². The van der Waals surface area contributed by atoms with Gasteiger partial charge in [-0.2, -0.15) is 0 Å². The molecule has 1 fully saturated rings. The summed E-state index contributed by atoms with van der Waals surface area (Å²) in [5.41, 5.74) is 3.58. The molecule has 0 atom stereocenters. The van der Waals surface area contributed by atoms with Crippen LogP contribution in [0, 0.1) is 6.92 Å². The van der Waals surface area contributed by atoms with E-state index in [9.17, 15) is 4.79 Å². The third-order valence-corrected chi connectivity index (χ3v) is 2.88. The Bertz CT molecular complexity index is 376. The molecule has 0 bridgehead atoms. The van der Waals surface area contributed by atoms with E-state index in [1.807, 2.05) is 11.0 Å². The second-order valence-electron chi connectivity index (χ2n) is 3.92. The summed E-state index contributed by atoms with van der Waals surface area (Å²) in [4.78, 5) is 13.4. The van der Waals surface area contributed by atoms with E-state index in [-0.39, 0.29) is 5.91 Å². The first kappa shape index (κ1) is 9.32. The van der Waals surface area contributed by atoms with Crippen molar-refractivity contribution in [1.82, 2.24) is 0 Å². The molecule has 1 saturated heterocycles. The maximum Gasteiger partial charge on any atom is 0.227 e. The van der Waals surface area contributed by atoms with E-state index in [0.29, 0.717) is 6.42 Å². The van der Waals surface area contributed by atoms with Crippen LogP contribution in [0.25, 0.3) is 0 Å². The second kappa shape index (κ2) is 3.48. The van der Waals surface area contributed by atoms with Crippen LogP contribution in [0.15, 0.2) is 18.2 Å². The van der Waals surface area contributed by atoms with Crippen LogP contribution in [0.5, 0.6) is 0 Å². The average molecular weight is 187 g/mol. The van der Waals surface area contributed by atoms with Crippen LogP contribution in [-0.2, 0) is 4.79 Å². The van der Waals surface area contributed by atoms with Crippen molar-refractivity contribution in [1.29, 1.82) is 0 Å². The first-order valence-corrected chi connectivity index (χ1v) is 5.06. The van der Waals surface area contributed by atoms with Crippen molar-refractivity contribution in [2.24, 2.45) is 0 Å². The van der Waals surface area contributed by atoms with E-state index in [1.54, 1.807) is 0 Å². The summed E-state index contributed by atoms with van der Waals surface area (Å²) < 4.78 is 0. The van der Waals surface area contributed by atoms with Crippen LogP contribution in [0.4, 0.5) is 5.69 Å². The monoisotopic (exact) mass is 187 g/mol. The van der Waals surface area contributed by atoms with Crippen molar-refractivity contribution < 1.29 is 4.79 Å². The summed E-state index contributed by atoms with van der Waals surface area (Å²) in [6.45, 7) is 2.96. The molecule has 1 aliphatic rings. The van der Waals surface area contributed by atoms with Crippen molar-refractivity contribution in [3.8, 4) is 0 Å². The average Bonchev–Trinajstić information content (AvgIpc) is 2.57. The summed E-state index contributed by atoms with van der Waals surface area (Å²) in [6.07, 6.45) is 1.69. The Labute approximate surface area is 85.3 Å². The summed E-state index contributed by atoms with van der Waals surface area (Å²) in [7, 11) is 2.09. The largest absolute Gasteiger partial charge is 0.312 e. The lowest BCUT2D eigenvalue weighted by Gasteiger charge is -2.16. The Morgan fingerprint density at radius 2 is 2.21 bits per heavy atom. The van der Waals surface area contributed by atoms with E-state index in [4.69, 9.17) is 0 Å². The minimum Gasteiger partial charge on any atom is -0.312 e. The molecule has 0 N–H and O–H groups in total. The normalized spacial score (nSPS) is 16.4. The molecule has 0 spiro atoms. The third kappa shape index (κ3) is 1.54. The molecule has 0 aliphatic carbocycles. The van der Waals surface area contributed by atoms with Gasteiger partial charge in [0.1, 0.15) is 7.85 Å². The molecule has 14 heavy (non-hydrogen) atoms. The lowest BCUT2D eigenvalue weighted by molar-refractivity contribution is -0.117. The third-order valence-electron chi connectivity index (χ3n) is 2.88. The molecule has 0 aromatic heterocycles. The summed E-state index contributed by atoms with van der Waals surface area (Å²) in [5.74, 6) is 0.258. The second-order valence-corrected chi connectivity index (χ2v) is 3.92. The van der Waals surface area contributed by atoms with E-state index in [2.05, 4.69) is 26.9 Å². The van der Waals surface area contributed by atoms with Crippen LogP contribution in [-0.4, -0.2) is 20.3 Å². The van der Waals surface area contributed by atoms with Gasteiger partial charge in [-0.05, 0) is 25.5 Å². The minimum absolute atomic E-state index is 0.258. The fourth-order valence-corrected chi connectivity index (χ4v) is 1.81. The molecule has 0 unspecified atom stereocenters. The maximum absolute atomic E-state index is 11.5. The highest BCUT2D eigenvalue weighted by atomic mass is 16.2. The predicted octanol–water partition coefficient (Wildman–Crippen LogP) is 0.380. The number of aryl methyl sites for hydroxylation is 1. The number of rotatable bonds is 1. The zero-order chi connectivity index (χ0) is 10.1. The Balaban J connectivity index is 2.32. The van der Waals surface area contributed by atoms with Crippen LogP contribution in [0.1, 0.15) is 18.4 Å². The molecule has 0 radical (unpaired) electrons. The highest BCUT2D eigenvalue weighted by molar-refractivity contribution is 6.33. The molecular formula is C11H14BNO. The number of anilines is 1. The van der Waals surface area contributed by atoms with Gasteiger partial charge in [0.2, 0.25) is 5.91 Å². The number of benzene rings is 1. The van der Waals surface area contributed by atoms with Crippen molar-refractivity contribution in [2.45, 2.75) is 19.8 Å². The molecule has 1 aliphatic heterocycles. The number of carbonyl (C=O) groups excluding carboxylic acids is 1. The lowest BCUT2D eigenvalue weighted by atomic mass is 9.91. The van der Waals surface area contributed by atoms with Crippen LogP contribution in [0.3, 0.4) is 0 Å². The first-order chi connectivity index (χ1) is 6.68. The maximum atomic E-state index is 11.5. The van der Waals surface area contributed by atoms with Gasteiger partial charge in [0.05, 0.1) is 0 Å². The highest BCUT2D eigenvalue weighted by Gasteiger charge is 2.21. The van der Waals surface area contributed by atoms with E-state index < -0.39 is 0 Å². The number of nitrogens with zero attached hydrogens (tertiary/aromatic N) is 1. The number of amides is 1. The predicted molar refractivity (Wildman–Crippen MR) is 60.9 cm³/mol. The van der Waals surface area contributed by atoms with Gasteiger partial charge < -0.3 is 4.90 Å². The Kier molecular flexibility index (Phi) is 2.32. The Hall–Kier alpha value is -1.25. The fourth-order valence-electron chi connectivity index (χ4n) is 1.81. The SMILES string of the molecule is Bc1ccc(N2CCCC2=O)cc1C. The molecule has 2 nitrogen and oxygen atoms in total. The number of carbonyl (C=O) groups is 1. The van der Waals surface area contributed by atoms with Crippen molar-refractivity contribution >= 4 is 24.9 Å². The minimum atomic E-state index is 0.258. The Morgan fingerprint density at radius 3 is 2.79 bits per heavy atom. The molecule has 2 rings (SSSR count). The van der Waals surface area contributed by atoms with Gasteiger partial charge in [0.15, 0.2) is 0 Å². The van der Waals surface area contributed by atoms with E-state index >= 15 is 0 Å². The van der Waals surface area contributed by atoms with Gasteiger partial charge >= 0.3 is 0 Å². The van der Waals surface area contributed by atoms with Gasteiger partial charge in [-0.1, -0.05) is 17.1 Å². The molecule has 72 valence electrons. The van der Waals surface area contributed by atoms with Gasteiger partial charge in [-0.25, -0.2) is 0 Å². The van der Waals surface area contributed by atoms with E-state index in [0.717, 1.165) is 18.7 Å². The van der Waals surface area contributed by atoms with Gasteiger partial charge in [0.25, 0.3) is 0 Å². The van der Waals surface area contributed by atoms with Crippen molar-refractivity contribution in [2.75, 3.05) is 11.4 Å². The fraction of sp³-hybridized carbons (Fsp3) is 0.364. The molecule has 1 heterocycles. The lowest BCUT2D eigenvalue weighted by Crippen LogP contribution is -2.24. The number of hydrogen-bond acceptors (Lipinski definition) is 1. The zero-order valence-corrected chi connectivity index (χ0v) is 8.71. The Morgan fingerprint density at radius 1 is 1.43 bits per heavy atom. The van der Waals surface area contributed by atoms with E-state index in [1.165, 1.54) is 11.0 Å². The molecule has 1 amide bonds. The van der Waals surface area contributed by atoms with Crippen LogP contribution >= 0.6 is 0 Å². The quantitative estimate of drug-likeness (QED) is 0.582. The molecule has 1 aromatic carbocycles. The summed E-state index contributed by atoms with van der Waals surface area (Å²) in [6, 6.07) is 6.21. The van der Waals surface area contributed by atoms with Gasteiger partial charge in [-0.3, -0.25) is 4.79 Å². The summed E-state index contributed by atoms with van der Waals surface area (Å²) >= 11 is 0. The molecular weight excluding hydrogens is 173 g/mol. The molecule has 0 saturated carbocycles. The molecule has 1 aromatic rings. The first-order valence-electron chi connectivity index (χ1n) is 5.06. The number of hydrogen-bond donors (Lipinski definition) is 0.